The molecular weight excluding hydrogens is 262 g/mol. The summed E-state index contributed by atoms with van der Waals surface area (Å²) in [6.45, 7) is 7.25. The van der Waals surface area contributed by atoms with Crippen LogP contribution < -0.4 is 5.56 Å². The maximum absolute atomic E-state index is 13.9. The summed E-state index contributed by atoms with van der Waals surface area (Å²) in [6, 6.07) is 3.23. The number of benzene rings is 1. The Labute approximate surface area is 115 Å². The minimum atomic E-state index is -0.731. The molecule has 1 aromatic heterocycles. The topological polar surface area (TPSA) is 45.8 Å². The van der Waals surface area contributed by atoms with Crippen LogP contribution >= 0.6 is 0 Å². The van der Waals surface area contributed by atoms with Crippen LogP contribution in [0, 0.1) is 18.6 Å². The molecule has 2 aromatic rings. The molecule has 20 heavy (non-hydrogen) atoms. The van der Waals surface area contributed by atoms with E-state index in [1.54, 1.807) is 6.92 Å². The highest BCUT2D eigenvalue weighted by atomic mass is 19.1. The summed E-state index contributed by atoms with van der Waals surface area (Å²) in [4.78, 5) is 19.0. The van der Waals surface area contributed by atoms with Gasteiger partial charge in [0.05, 0.1) is 5.69 Å². The van der Waals surface area contributed by atoms with E-state index in [0.717, 1.165) is 12.1 Å². The van der Waals surface area contributed by atoms with Crippen LogP contribution in [0.4, 0.5) is 8.78 Å². The first-order valence-corrected chi connectivity index (χ1v) is 6.27. The van der Waals surface area contributed by atoms with Crippen molar-refractivity contribution in [2.75, 3.05) is 0 Å². The van der Waals surface area contributed by atoms with Crippen LogP contribution in [-0.2, 0) is 5.41 Å². The number of H-pyrrole nitrogens is 1. The van der Waals surface area contributed by atoms with Crippen molar-refractivity contribution < 1.29 is 8.78 Å². The van der Waals surface area contributed by atoms with Crippen molar-refractivity contribution in [1.29, 1.82) is 0 Å². The first-order chi connectivity index (χ1) is 9.20. The van der Waals surface area contributed by atoms with Gasteiger partial charge >= 0.3 is 0 Å². The van der Waals surface area contributed by atoms with Crippen LogP contribution in [0.1, 0.15) is 32.2 Å². The smallest absolute Gasteiger partial charge is 0.254 e. The highest BCUT2D eigenvalue weighted by Crippen LogP contribution is 2.25. The van der Waals surface area contributed by atoms with Crippen molar-refractivity contribution in [3.8, 4) is 11.3 Å². The van der Waals surface area contributed by atoms with E-state index < -0.39 is 11.6 Å². The molecule has 0 spiro atoms. The van der Waals surface area contributed by atoms with Crippen LogP contribution in [0.2, 0.25) is 0 Å². The molecule has 1 N–H and O–H groups in total. The average Bonchev–Trinajstić information content (AvgIpc) is 2.32. The lowest BCUT2D eigenvalue weighted by Gasteiger charge is -2.19. The Hall–Kier alpha value is -2.04. The zero-order valence-electron chi connectivity index (χ0n) is 11.8. The molecule has 5 heteroatoms. The molecule has 106 valence electrons. The summed E-state index contributed by atoms with van der Waals surface area (Å²) in [5.41, 5.74) is -0.0122. The minimum absolute atomic E-state index is 0.125. The lowest BCUT2D eigenvalue weighted by atomic mass is 9.95. The number of hydrogen-bond acceptors (Lipinski definition) is 2. The van der Waals surface area contributed by atoms with Gasteiger partial charge in [0.1, 0.15) is 17.5 Å². The van der Waals surface area contributed by atoms with Gasteiger partial charge in [0.2, 0.25) is 0 Å². The van der Waals surface area contributed by atoms with Gasteiger partial charge in [-0.2, -0.15) is 0 Å². The number of halogens is 2. The summed E-state index contributed by atoms with van der Waals surface area (Å²) in [6.07, 6.45) is 0. The lowest BCUT2D eigenvalue weighted by Crippen LogP contribution is -2.24. The molecule has 3 nitrogen and oxygen atoms in total. The normalized spacial score (nSPS) is 11.7. The van der Waals surface area contributed by atoms with E-state index in [1.807, 2.05) is 20.8 Å². The van der Waals surface area contributed by atoms with Crippen molar-refractivity contribution in [2.45, 2.75) is 33.1 Å². The number of aromatic nitrogens is 2. The largest absolute Gasteiger partial charge is 0.310 e. The summed E-state index contributed by atoms with van der Waals surface area (Å²) in [5.74, 6) is -0.928. The molecule has 0 aliphatic rings. The third-order valence-corrected chi connectivity index (χ3v) is 3.05. The summed E-state index contributed by atoms with van der Waals surface area (Å²) in [7, 11) is 0. The molecule has 0 unspecified atom stereocenters. The highest BCUT2D eigenvalue weighted by Gasteiger charge is 2.21. The van der Waals surface area contributed by atoms with Crippen molar-refractivity contribution in [3.05, 3.63) is 51.6 Å². The van der Waals surface area contributed by atoms with Gasteiger partial charge in [-0.25, -0.2) is 13.8 Å². The maximum Gasteiger partial charge on any atom is 0.254 e. The van der Waals surface area contributed by atoms with Crippen LogP contribution in [0.25, 0.3) is 11.3 Å². The molecule has 2 rings (SSSR count). The van der Waals surface area contributed by atoms with Gasteiger partial charge in [-0.05, 0) is 19.1 Å². The Balaban J connectivity index is 2.73. The number of nitrogens with zero attached hydrogens (tertiary/aromatic N) is 1. The van der Waals surface area contributed by atoms with E-state index >= 15 is 0 Å². The molecule has 0 aliphatic heterocycles. The molecule has 0 bridgehead atoms. The van der Waals surface area contributed by atoms with E-state index in [4.69, 9.17) is 0 Å². The lowest BCUT2D eigenvalue weighted by molar-refractivity contribution is 0.541. The fourth-order valence-corrected chi connectivity index (χ4v) is 1.83. The molecule has 0 fully saturated rings. The highest BCUT2D eigenvalue weighted by molar-refractivity contribution is 5.63. The third-order valence-electron chi connectivity index (χ3n) is 3.05. The number of aromatic amines is 1. The van der Waals surface area contributed by atoms with Gasteiger partial charge in [-0.3, -0.25) is 4.79 Å². The van der Waals surface area contributed by atoms with Gasteiger partial charge in [0.15, 0.2) is 0 Å². The van der Waals surface area contributed by atoms with Crippen molar-refractivity contribution >= 4 is 0 Å². The van der Waals surface area contributed by atoms with Crippen LogP contribution in [0.5, 0.6) is 0 Å². The van der Waals surface area contributed by atoms with Gasteiger partial charge in [-0.15, -0.1) is 0 Å². The van der Waals surface area contributed by atoms with Gasteiger partial charge < -0.3 is 4.98 Å². The molecular formula is C15H16F2N2O. The van der Waals surface area contributed by atoms with E-state index in [0.29, 0.717) is 11.4 Å². The van der Waals surface area contributed by atoms with E-state index in [2.05, 4.69) is 9.97 Å². The summed E-state index contributed by atoms with van der Waals surface area (Å²) < 4.78 is 26.9. The molecule has 0 amide bonds. The monoisotopic (exact) mass is 278 g/mol. The Morgan fingerprint density at radius 1 is 1.20 bits per heavy atom. The van der Waals surface area contributed by atoms with Gasteiger partial charge in [0, 0.05) is 22.6 Å². The van der Waals surface area contributed by atoms with Crippen LogP contribution in [0.15, 0.2) is 23.0 Å². The third kappa shape index (κ3) is 2.61. The fraction of sp³-hybridized carbons (Fsp3) is 0.333. The Bertz CT molecular complexity index is 715. The van der Waals surface area contributed by atoms with Crippen molar-refractivity contribution in [3.63, 3.8) is 0 Å². The summed E-state index contributed by atoms with van der Waals surface area (Å²) in [5, 5.41) is 0. The zero-order valence-corrected chi connectivity index (χ0v) is 11.8. The molecule has 1 aromatic carbocycles. The number of nitrogens with one attached hydrogen (secondary N) is 1. The standard InChI is InChI=1S/C15H16F2N2O/c1-8-12(10-6-5-9(16)7-11(10)17)18-14(15(2,3)4)19-13(8)20/h5-7H,1-4H3,(H,18,19,20). The maximum atomic E-state index is 13.9. The Morgan fingerprint density at radius 3 is 2.40 bits per heavy atom. The predicted molar refractivity (Wildman–Crippen MR) is 73.6 cm³/mol. The minimum Gasteiger partial charge on any atom is -0.310 e. The molecule has 0 saturated heterocycles. The van der Waals surface area contributed by atoms with Gasteiger partial charge in [-0.1, -0.05) is 20.8 Å². The molecule has 0 saturated carbocycles. The van der Waals surface area contributed by atoms with E-state index in [-0.39, 0.29) is 22.2 Å². The Morgan fingerprint density at radius 2 is 1.85 bits per heavy atom. The predicted octanol–water partition coefficient (Wildman–Crippen LogP) is 3.32. The van der Waals surface area contributed by atoms with Crippen LogP contribution in [0.3, 0.4) is 0 Å². The summed E-state index contributed by atoms with van der Waals surface area (Å²) >= 11 is 0. The second kappa shape index (κ2) is 4.81. The molecule has 0 aliphatic carbocycles. The number of hydrogen-bond donors (Lipinski definition) is 1. The van der Waals surface area contributed by atoms with Crippen molar-refractivity contribution in [1.82, 2.24) is 9.97 Å². The first kappa shape index (κ1) is 14.4. The fourth-order valence-electron chi connectivity index (χ4n) is 1.83. The van der Waals surface area contributed by atoms with E-state index in [9.17, 15) is 13.6 Å². The van der Waals surface area contributed by atoms with Gasteiger partial charge in [0.25, 0.3) is 5.56 Å². The molecule has 0 radical (unpaired) electrons. The average molecular weight is 278 g/mol. The second-order valence-electron chi connectivity index (χ2n) is 5.76. The Kier molecular flexibility index (Phi) is 3.46. The first-order valence-electron chi connectivity index (χ1n) is 6.27. The van der Waals surface area contributed by atoms with E-state index in [1.165, 1.54) is 6.07 Å². The molecule has 1 heterocycles. The zero-order chi connectivity index (χ0) is 15.1. The SMILES string of the molecule is Cc1c(-c2ccc(F)cc2F)nc(C(C)(C)C)[nH]c1=O. The molecule has 0 atom stereocenters. The number of rotatable bonds is 1. The second-order valence-corrected chi connectivity index (χ2v) is 5.76. The quantitative estimate of drug-likeness (QED) is 0.869. The van der Waals surface area contributed by atoms with Crippen LogP contribution in [-0.4, -0.2) is 9.97 Å². The van der Waals surface area contributed by atoms with Crippen molar-refractivity contribution in [2.24, 2.45) is 0 Å².